The zero-order valence-electron chi connectivity index (χ0n) is 33.7. The fourth-order valence-corrected chi connectivity index (χ4v) is 14.1. The molecule has 59 heavy (non-hydrogen) atoms. The van der Waals surface area contributed by atoms with Crippen molar-refractivity contribution in [3.8, 4) is 23.0 Å². The number of hydrogen-bond donors (Lipinski definition) is 0. The highest BCUT2D eigenvalue weighted by Crippen LogP contribution is 2.41. The van der Waals surface area contributed by atoms with Gasteiger partial charge in [0.2, 0.25) is 0 Å². The molecule has 316 valence electrons. The van der Waals surface area contributed by atoms with E-state index in [4.69, 9.17) is 28.4 Å². The van der Waals surface area contributed by atoms with Gasteiger partial charge in [0.15, 0.2) is 20.4 Å². The Hall–Kier alpha value is -1.33. The predicted octanol–water partition coefficient (Wildman–Crippen LogP) is 9.17. The van der Waals surface area contributed by atoms with Gasteiger partial charge in [0.25, 0.3) is 0 Å². The second-order valence-corrected chi connectivity index (χ2v) is 23.6. The van der Waals surface area contributed by atoms with E-state index in [-0.39, 0.29) is 48.2 Å². The molecule has 0 N–H and O–H groups in total. The van der Waals surface area contributed by atoms with Crippen LogP contribution in [0.2, 0.25) is 0 Å². The van der Waals surface area contributed by atoms with E-state index in [0.717, 1.165) is 88.3 Å². The second-order valence-electron chi connectivity index (χ2n) is 15.7. The fraction of sp³-hybridized carbons (Fsp3) is 0.435. The molecule has 0 saturated heterocycles. The number of carbonyl (C=O) groups is 2. The van der Waals surface area contributed by atoms with E-state index in [0.29, 0.717) is 24.7 Å². The molecule has 6 rings (SSSR count). The zero-order chi connectivity index (χ0) is 42.2. The van der Waals surface area contributed by atoms with Gasteiger partial charge in [-0.1, -0.05) is 27.7 Å². The first kappa shape index (κ1) is 47.2. The van der Waals surface area contributed by atoms with E-state index < -0.39 is 21.2 Å². The van der Waals surface area contributed by atoms with Crippen LogP contribution in [0.5, 0.6) is 23.0 Å². The van der Waals surface area contributed by atoms with Gasteiger partial charge in [-0.2, -0.15) is 0 Å². The molecule has 0 heterocycles. The fourth-order valence-electron chi connectivity index (χ4n) is 7.72. The highest BCUT2D eigenvalue weighted by molar-refractivity contribution is 14.1. The van der Waals surface area contributed by atoms with Crippen LogP contribution in [0.3, 0.4) is 0 Å². The molecule has 8 nitrogen and oxygen atoms in total. The van der Waals surface area contributed by atoms with Crippen LogP contribution in [-0.4, -0.2) is 36.4 Å². The predicted molar refractivity (Wildman–Crippen MR) is 258 cm³/mol. The lowest BCUT2D eigenvalue weighted by atomic mass is 9.88. The average molecular weight is 1370 g/mol. The standard InChI is InChI=1S/C46H50I5O8/c1-29(2)45(17-5-6-18-45)58-41(52)27-56-43-31(21-33(47)23-39(43)49)25-54-37-13-9-35(10-14-37)51-36-11-15-38(16-12-36)55-26-32-22-34(48)24-40(50)44(32)57-28-42(53)59-46(30(3)4)19-7-8-20-46/h9-16,21-24,29-30H,5-8,17-20,25-28H2,1-4H3/q+1. The first-order chi connectivity index (χ1) is 28.2. The Morgan fingerprint density at radius 1 is 0.559 bits per heavy atom. The molecule has 0 aromatic heterocycles. The Morgan fingerprint density at radius 3 is 1.25 bits per heavy atom. The van der Waals surface area contributed by atoms with E-state index in [1.807, 2.05) is 48.5 Å². The number of halogens is 5. The van der Waals surface area contributed by atoms with Gasteiger partial charge in [0.05, 0.1) is 7.14 Å². The van der Waals surface area contributed by atoms with Crippen molar-refractivity contribution in [3.05, 3.63) is 105 Å². The van der Waals surface area contributed by atoms with Crippen LogP contribution in [0.4, 0.5) is 0 Å². The lowest BCUT2D eigenvalue weighted by molar-refractivity contribution is -0.597. The first-order valence-electron chi connectivity index (χ1n) is 20.0. The van der Waals surface area contributed by atoms with Crippen molar-refractivity contribution >= 4 is 102 Å². The van der Waals surface area contributed by atoms with E-state index in [2.05, 4.69) is 142 Å². The number of hydrogen-bond acceptors (Lipinski definition) is 8. The molecule has 2 saturated carbocycles. The van der Waals surface area contributed by atoms with Crippen molar-refractivity contribution in [1.29, 1.82) is 0 Å². The summed E-state index contributed by atoms with van der Waals surface area (Å²) in [7, 11) is 0. The Labute approximate surface area is 413 Å². The molecule has 2 aliphatic rings. The Kier molecular flexibility index (Phi) is 17.5. The van der Waals surface area contributed by atoms with Gasteiger partial charge in [-0.15, -0.1) is 0 Å². The van der Waals surface area contributed by atoms with Crippen LogP contribution < -0.4 is 40.2 Å². The third-order valence-corrected chi connectivity index (χ3v) is 16.6. The molecule has 0 amide bonds. The number of rotatable bonds is 18. The molecule has 2 aliphatic carbocycles. The number of carbonyl (C=O) groups excluding carboxylic acids is 2. The van der Waals surface area contributed by atoms with E-state index in [1.54, 1.807) is 0 Å². The summed E-state index contributed by atoms with van der Waals surface area (Å²) in [6.07, 6.45) is 7.99. The lowest BCUT2D eigenvalue weighted by Crippen LogP contribution is -3.61. The van der Waals surface area contributed by atoms with Gasteiger partial charge < -0.3 is 28.4 Å². The molecule has 0 aliphatic heterocycles. The Bertz CT molecular complexity index is 1910. The van der Waals surface area contributed by atoms with Crippen LogP contribution in [0, 0.1) is 33.3 Å². The normalized spacial score (nSPS) is 15.6. The van der Waals surface area contributed by atoms with Crippen molar-refractivity contribution in [2.45, 2.75) is 103 Å². The summed E-state index contributed by atoms with van der Waals surface area (Å²) in [4.78, 5) is 25.9. The number of benzene rings is 4. The molecule has 0 bridgehead atoms. The topological polar surface area (TPSA) is 89.5 Å². The van der Waals surface area contributed by atoms with E-state index >= 15 is 0 Å². The second kappa shape index (κ2) is 21.8. The van der Waals surface area contributed by atoms with E-state index in [9.17, 15) is 9.59 Å². The summed E-state index contributed by atoms with van der Waals surface area (Å²) >= 11 is 8.67. The monoisotopic (exact) mass is 1360 g/mol. The maximum atomic E-state index is 12.9. The van der Waals surface area contributed by atoms with Crippen molar-refractivity contribution in [3.63, 3.8) is 0 Å². The van der Waals surface area contributed by atoms with Crippen molar-refractivity contribution in [1.82, 2.24) is 0 Å². The highest BCUT2D eigenvalue weighted by atomic mass is 127. The lowest BCUT2D eigenvalue weighted by Gasteiger charge is -2.33. The van der Waals surface area contributed by atoms with Crippen LogP contribution in [0.15, 0.2) is 72.8 Å². The number of ether oxygens (including phenoxy) is 6. The smallest absolute Gasteiger partial charge is 0.357 e. The summed E-state index contributed by atoms with van der Waals surface area (Å²) < 4.78 is 43.3. The molecular weight excluding hydrogens is 1320 g/mol. The Morgan fingerprint density at radius 2 is 0.915 bits per heavy atom. The minimum Gasteiger partial charge on any atom is -0.489 e. The summed E-state index contributed by atoms with van der Waals surface area (Å²) in [5.74, 6) is 2.72. The van der Waals surface area contributed by atoms with Crippen LogP contribution in [0.1, 0.15) is 90.2 Å². The molecule has 0 unspecified atom stereocenters. The zero-order valence-corrected chi connectivity index (χ0v) is 44.5. The average Bonchev–Trinajstić information content (AvgIpc) is 3.88. The highest BCUT2D eigenvalue weighted by Gasteiger charge is 2.42. The van der Waals surface area contributed by atoms with Gasteiger partial charge in [0.1, 0.15) is 47.4 Å². The van der Waals surface area contributed by atoms with Crippen molar-refractivity contribution < 1.29 is 59.2 Å². The molecule has 13 heteroatoms. The van der Waals surface area contributed by atoms with Gasteiger partial charge in [-0.3, -0.25) is 0 Å². The molecule has 0 atom stereocenters. The first-order valence-corrected chi connectivity index (χ1v) is 26.5. The molecule has 0 spiro atoms. The molecule has 4 aromatic rings. The minimum atomic E-state index is -0.428. The summed E-state index contributed by atoms with van der Waals surface area (Å²) in [6, 6.07) is 24.7. The van der Waals surface area contributed by atoms with Gasteiger partial charge in [-0.25, -0.2) is 9.59 Å². The summed E-state index contributed by atoms with van der Waals surface area (Å²) in [6.45, 7) is 8.85. The SMILES string of the molecule is CC(C)C1(OC(=O)COc2c(I)cc(I)cc2COc2ccc([I+]c3ccc(OCc4cc(I)cc(I)c4OCC(=O)OC4(C(C)C)CCCC4)cc3)cc2)CCCC1. The van der Waals surface area contributed by atoms with Crippen LogP contribution in [-0.2, 0) is 32.3 Å². The quantitative estimate of drug-likeness (QED) is 0.0721. The van der Waals surface area contributed by atoms with Gasteiger partial charge in [0, 0.05) is 18.3 Å². The molecule has 2 fully saturated rings. The Balaban J connectivity index is 0.999. The van der Waals surface area contributed by atoms with Crippen molar-refractivity contribution in [2.75, 3.05) is 13.2 Å². The molecule has 0 radical (unpaired) electrons. The summed E-state index contributed by atoms with van der Waals surface area (Å²) in [5.41, 5.74) is 0.998. The largest absolute Gasteiger partial charge is 0.489 e. The maximum absolute atomic E-state index is 12.9. The van der Waals surface area contributed by atoms with Gasteiger partial charge in [-0.05, 0) is 226 Å². The third kappa shape index (κ3) is 12.9. The minimum absolute atomic E-state index is 0.135. The van der Waals surface area contributed by atoms with E-state index in [1.165, 1.54) is 7.14 Å². The van der Waals surface area contributed by atoms with Crippen molar-refractivity contribution in [2.24, 2.45) is 11.8 Å². The maximum Gasteiger partial charge on any atom is 0.357 e. The van der Waals surface area contributed by atoms with Gasteiger partial charge >= 0.3 is 33.1 Å². The summed E-state index contributed by atoms with van der Waals surface area (Å²) in [5, 5.41) is 0. The van der Waals surface area contributed by atoms with Crippen LogP contribution >= 0.6 is 90.4 Å². The molecular formula is C46H50I5O8+. The number of esters is 2. The third-order valence-electron chi connectivity index (χ3n) is 11.1. The van der Waals surface area contributed by atoms with Crippen LogP contribution in [0.25, 0.3) is 0 Å². The molecule has 4 aromatic carbocycles.